The average Bonchev–Trinajstić information content (AvgIpc) is 3.06. The van der Waals surface area contributed by atoms with Crippen LogP contribution in [0.2, 0.25) is 0 Å². The maximum atomic E-state index is 13.8. The van der Waals surface area contributed by atoms with Crippen molar-refractivity contribution in [3.63, 3.8) is 0 Å². The molecule has 0 atom stereocenters. The molecular weight excluding hydrogens is 409 g/mol. The summed E-state index contributed by atoms with van der Waals surface area (Å²) in [7, 11) is 0. The lowest BCUT2D eigenvalue weighted by Gasteiger charge is -2.10. The number of allylic oxidation sites excluding steroid dienone is 1. The van der Waals surface area contributed by atoms with E-state index in [-0.39, 0.29) is 28.6 Å². The number of Topliss-reactive ketones (excluding diaryl/α,β-unsaturated/α-hetero) is 1. The molecule has 0 N–H and O–H groups in total. The van der Waals surface area contributed by atoms with Crippen LogP contribution >= 0.6 is 0 Å². The van der Waals surface area contributed by atoms with E-state index in [1.54, 1.807) is 24.5 Å². The molecule has 3 aromatic rings. The third-order valence-electron chi connectivity index (χ3n) is 4.33. The molecule has 0 saturated carbocycles. The van der Waals surface area contributed by atoms with E-state index >= 15 is 0 Å². The zero-order chi connectivity index (χ0) is 21.4. The lowest BCUT2D eigenvalue weighted by Crippen LogP contribution is -2.09. The molecule has 30 heavy (non-hydrogen) atoms. The maximum absolute atomic E-state index is 13.8. The van der Waals surface area contributed by atoms with Crippen molar-refractivity contribution in [1.29, 1.82) is 0 Å². The number of ether oxygens (including phenoxy) is 2. The van der Waals surface area contributed by atoms with E-state index in [1.165, 1.54) is 24.3 Å². The Morgan fingerprint density at radius 3 is 2.20 bits per heavy atom. The van der Waals surface area contributed by atoms with E-state index in [2.05, 4.69) is 4.98 Å². The smallest absolute Gasteiger partial charge is 0.231 e. The monoisotopic (exact) mass is 419 g/mol. The van der Waals surface area contributed by atoms with Crippen LogP contribution in [-0.2, 0) is 6.61 Å². The van der Waals surface area contributed by atoms with Crippen LogP contribution < -0.4 is 9.47 Å². The third-order valence-corrected chi connectivity index (χ3v) is 4.33. The second-order valence-corrected chi connectivity index (χ2v) is 6.22. The molecule has 9 heteroatoms. The molecule has 0 aliphatic carbocycles. The summed E-state index contributed by atoms with van der Waals surface area (Å²) in [6.07, 6.45) is 4.61. The zero-order valence-electron chi connectivity index (χ0n) is 14.9. The minimum absolute atomic E-state index is 0.00986. The van der Waals surface area contributed by atoms with Crippen molar-refractivity contribution in [2.24, 2.45) is 0 Å². The summed E-state index contributed by atoms with van der Waals surface area (Å²) < 4.78 is 77.9. The number of ketones is 1. The molecule has 0 bridgehead atoms. The fourth-order valence-corrected chi connectivity index (χ4v) is 2.80. The van der Waals surface area contributed by atoms with Gasteiger partial charge in [-0.2, -0.15) is 0 Å². The van der Waals surface area contributed by atoms with Crippen LogP contribution in [0.4, 0.5) is 22.0 Å². The number of hydrogen-bond donors (Lipinski definition) is 0. The Bertz CT molecular complexity index is 1170. The molecule has 0 saturated heterocycles. The normalized spacial score (nSPS) is 14.0. The van der Waals surface area contributed by atoms with Gasteiger partial charge in [0, 0.05) is 18.5 Å². The molecule has 0 amide bonds. The minimum Gasteiger partial charge on any atom is -0.489 e. The molecule has 0 radical (unpaired) electrons. The summed E-state index contributed by atoms with van der Waals surface area (Å²) >= 11 is 0. The number of halogens is 5. The quantitative estimate of drug-likeness (QED) is 0.259. The average molecular weight is 419 g/mol. The van der Waals surface area contributed by atoms with Crippen LogP contribution in [0.15, 0.2) is 48.5 Å². The second-order valence-electron chi connectivity index (χ2n) is 6.22. The lowest BCUT2D eigenvalue weighted by atomic mass is 10.1. The molecule has 152 valence electrons. The Kier molecular flexibility index (Phi) is 4.94. The van der Waals surface area contributed by atoms with Crippen molar-refractivity contribution >= 4 is 11.9 Å². The summed E-state index contributed by atoms with van der Waals surface area (Å²) in [5.41, 5.74) is -0.190. The highest BCUT2D eigenvalue weighted by atomic mass is 19.2. The topological polar surface area (TPSA) is 48.4 Å². The first-order valence-electron chi connectivity index (χ1n) is 8.48. The molecule has 0 fully saturated rings. The highest BCUT2D eigenvalue weighted by Gasteiger charge is 2.29. The van der Waals surface area contributed by atoms with Crippen molar-refractivity contribution in [2.75, 3.05) is 0 Å². The molecule has 1 aliphatic heterocycles. The molecule has 4 nitrogen and oxygen atoms in total. The molecule has 0 spiro atoms. The molecule has 2 aromatic carbocycles. The molecule has 2 heterocycles. The van der Waals surface area contributed by atoms with Crippen molar-refractivity contribution in [2.45, 2.75) is 6.61 Å². The number of carbonyl (C=O) groups excluding carboxylic acids is 1. The number of hydrogen-bond acceptors (Lipinski definition) is 4. The van der Waals surface area contributed by atoms with Gasteiger partial charge in [-0.05, 0) is 35.9 Å². The van der Waals surface area contributed by atoms with E-state index in [9.17, 15) is 26.7 Å². The highest BCUT2D eigenvalue weighted by Crippen LogP contribution is 2.35. The van der Waals surface area contributed by atoms with Gasteiger partial charge in [0.2, 0.25) is 11.6 Å². The van der Waals surface area contributed by atoms with Crippen LogP contribution in [0.25, 0.3) is 6.08 Å². The predicted molar refractivity (Wildman–Crippen MR) is 94.2 cm³/mol. The van der Waals surface area contributed by atoms with E-state index in [0.717, 1.165) is 0 Å². The minimum atomic E-state index is -2.24. The fourth-order valence-electron chi connectivity index (χ4n) is 2.80. The van der Waals surface area contributed by atoms with Gasteiger partial charge in [-0.3, -0.25) is 9.78 Å². The Labute approximate surface area is 166 Å². The Morgan fingerprint density at radius 2 is 1.53 bits per heavy atom. The van der Waals surface area contributed by atoms with Crippen LogP contribution in [0.3, 0.4) is 0 Å². The summed E-state index contributed by atoms with van der Waals surface area (Å²) in [6.45, 7) is -0.918. The van der Waals surface area contributed by atoms with E-state index in [0.29, 0.717) is 5.56 Å². The number of nitrogens with zero attached hydrogens (tertiary/aromatic N) is 1. The first kappa shape index (κ1) is 19.6. The van der Waals surface area contributed by atoms with Gasteiger partial charge in [0.15, 0.2) is 29.0 Å². The van der Waals surface area contributed by atoms with Crippen molar-refractivity contribution in [3.05, 3.63) is 94.3 Å². The van der Waals surface area contributed by atoms with E-state index in [4.69, 9.17) is 9.47 Å². The molecule has 0 unspecified atom stereocenters. The van der Waals surface area contributed by atoms with E-state index in [1.807, 2.05) is 0 Å². The van der Waals surface area contributed by atoms with Crippen molar-refractivity contribution in [3.8, 4) is 11.5 Å². The van der Waals surface area contributed by atoms with Crippen LogP contribution in [0.1, 0.15) is 21.5 Å². The van der Waals surface area contributed by atoms with Gasteiger partial charge >= 0.3 is 0 Å². The standard InChI is InChI=1S/C21H10F5NO3/c22-16-13(17(23)19(25)20(26)18(16)24)9-29-11-1-2-12-14(8-11)30-15(21(12)28)7-10-3-5-27-6-4-10/h1-8H,9H2. The summed E-state index contributed by atoms with van der Waals surface area (Å²) in [4.78, 5) is 16.3. The lowest BCUT2D eigenvalue weighted by molar-refractivity contribution is 0.101. The van der Waals surface area contributed by atoms with Gasteiger partial charge in [0.25, 0.3) is 0 Å². The Hall–Kier alpha value is -3.75. The number of rotatable bonds is 4. The summed E-state index contributed by atoms with van der Waals surface area (Å²) in [5.74, 6) is -10.5. The molecule has 4 rings (SSSR count). The molecular formula is C21H10F5NO3. The van der Waals surface area contributed by atoms with Crippen LogP contribution in [0.5, 0.6) is 11.5 Å². The number of benzene rings is 2. The predicted octanol–water partition coefficient (Wildman–Crippen LogP) is 4.97. The molecule has 1 aromatic heterocycles. The largest absolute Gasteiger partial charge is 0.489 e. The Balaban J connectivity index is 1.56. The number of aromatic nitrogens is 1. The highest BCUT2D eigenvalue weighted by molar-refractivity contribution is 6.14. The van der Waals surface area contributed by atoms with Crippen molar-refractivity contribution < 1.29 is 36.2 Å². The summed E-state index contributed by atoms with van der Waals surface area (Å²) in [5, 5.41) is 0. The van der Waals surface area contributed by atoms with Crippen LogP contribution in [0, 0.1) is 29.1 Å². The van der Waals surface area contributed by atoms with Gasteiger partial charge in [0.05, 0.1) is 11.1 Å². The number of fused-ring (bicyclic) bond motifs is 1. The third kappa shape index (κ3) is 3.38. The summed E-state index contributed by atoms with van der Waals surface area (Å²) in [6, 6.07) is 7.32. The Morgan fingerprint density at radius 1 is 0.900 bits per heavy atom. The van der Waals surface area contributed by atoms with Gasteiger partial charge in [-0.25, -0.2) is 22.0 Å². The SMILES string of the molecule is O=C1C(=Cc2ccncc2)Oc2cc(OCc3c(F)c(F)c(F)c(F)c3F)ccc21. The zero-order valence-corrected chi connectivity index (χ0v) is 14.9. The first-order chi connectivity index (χ1) is 14.4. The number of carbonyl (C=O) groups is 1. The first-order valence-corrected chi connectivity index (χ1v) is 8.48. The van der Waals surface area contributed by atoms with Crippen molar-refractivity contribution in [1.82, 2.24) is 4.98 Å². The van der Waals surface area contributed by atoms with Crippen LogP contribution in [-0.4, -0.2) is 10.8 Å². The fraction of sp³-hybridized carbons (Fsp3) is 0.0476. The van der Waals surface area contributed by atoms with Gasteiger partial charge < -0.3 is 9.47 Å². The van der Waals surface area contributed by atoms with Gasteiger partial charge in [0.1, 0.15) is 18.1 Å². The second kappa shape index (κ2) is 7.58. The van der Waals surface area contributed by atoms with Gasteiger partial charge in [-0.1, -0.05) is 0 Å². The van der Waals surface area contributed by atoms with E-state index < -0.39 is 41.3 Å². The number of pyridine rings is 1. The molecule has 1 aliphatic rings. The van der Waals surface area contributed by atoms with Gasteiger partial charge in [-0.15, -0.1) is 0 Å². The maximum Gasteiger partial charge on any atom is 0.231 e.